The van der Waals surface area contributed by atoms with Gasteiger partial charge in [-0.25, -0.2) is 0 Å². The van der Waals surface area contributed by atoms with Gasteiger partial charge in [-0.1, -0.05) is 102 Å². The number of aryl methyl sites for hydroxylation is 1. The summed E-state index contributed by atoms with van der Waals surface area (Å²) in [5.41, 5.74) is -0.0981. The maximum Gasteiger partial charge on any atom is 0.460 e. The molecule has 0 radical (unpaired) electrons. The number of carbonyl (C=O) groups is 1. The molecule has 20 heteroatoms. The summed E-state index contributed by atoms with van der Waals surface area (Å²) in [6.45, 7) is 2.20. The van der Waals surface area contributed by atoms with Crippen LogP contribution in [0.4, 0.5) is 74.6 Å². The Kier molecular flexibility index (Phi) is 21.5. The molecule has 3 nitrogen and oxygen atoms in total. The molecular weight excluding hydrogens is 851 g/mol. The largest absolute Gasteiger partial charge is 0.493 e. The number of halogens is 17. The van der Waals surface area contributed by atoms with Crippen molar-refractivity contribution < 1.29 is 88.9 Å². The molecule has 0 aliphatic heterocycles. The molecule has 0 heterocycles. The third-order valence-corrected chi connectivity index (χ3v) is 9.84. The standard InChI is InChI=1S/C40H53F17O3/c1-3-4-5-6-7-8-9-10-11-12-13-14-15-16-17-18-19-20-21-24-32(58)60-30-26-25-29(28-31(30)59-2)23-22-27-33(41,42)34(43,44)35(45,46)36(47,48)37(49,50)38(51,52)39(53,54)40(55,56)57/h10-11,25-26,28H,3-9,12-24,27H2,1-2H3. The Morgan fingerprint density at radius 3 is 1.38 bits per heavy atom. The van der Waals surface area contributed by atoms with E-state index < -0.39 is 72.9 Å². The van der Waals surface area contributed by atoms with E-state index >= 15 is 0 Å². The minimum Gasteiger partial charge on any atom is -0.493 e. The van der Waals surface area contributed by atoms with Crippen LogP contribution in [0.15, 0.2) is 30.4 Å². The number of allylic oxidation sites excluding steroid dienone is 2. The molecule has 0 amide bonds. The zero-order valence-electron chi connectivity index (χ0n) is 33.4. The lowest BCUT2D eigenvalue weighted by Crippen LogP contribution is -2.74. The highest BCUT2D eigenvalue weighted by Gasteiger charge is 2.95. The van der Waals surface area contributed by atoms with E-state index in [9.17, 15) is 79.4 Å². The molecule has 0 fully saturated rings. The molecule has 0 spiro atoms. The molecule has 0 aliphatic rings. The predicted molar refractivity (Wildman–Crippen MR) is 190 cm³/mol. The fourth-order valence-corrected chi connectivity index (χ4v) is 6.04. The van der Waals surface area contributed by atoms with Crippen LogP contribution in [-0.4, -0.2) is 60.7 Å². The SMILES string of the molecule is CCCCCCCCC=CCCCCCCCCCCCC(=O)Oc1ccc(CCCC(F)(F)C(F)(F)C(F)(F)C(F)(F)C(F)(F)C(F)(F)C(F)(F)C(F)(F)F)cc1OC. The second-order valence-corrected chi connectivity index (χ2v) is 14.7. The zero-order chi connectivity index (χ0) is 46.1. The topological polar surface area (TPSA) is 35.5 Å². The van der Waals surface area contributed by atoms with Gasteiger partial charge in [0.05, 0.1) is 7.11 Å². The average Bonchev–Trinajstić information content (AvgIpc) is 3.15. The number of hydrogen-bond acceptors (Lipinski definition) is 3. The molecule has 1 aromatic rings. The van der Waals surface area contributed by atoms with Gasteiger partial charge in [0.15, 0.2) is 11.5 Å². The summed E-state index contributed by atoms with van der Waals surface area (Å²) in [6, 6.07) is 3.18. The molecule has 1 rings (SSSR count). The number of benzene rings is 1. The van der Waals surface area contributed by atoms with Crippen molar-refractivity contribution >= 4 is 5.97 Å². The van der Waals surface area contributed by atoms with Gasteiger partial charge >= 0.3 is 53.6 Å². The Bertz CT molecular complexity index is 1440. The normalized spacial score (nSPS) is 14.0. The van der Waals surface area contributed by atoms with E-state index in [1.54, 1.807) is 0 Å². The van der Waals surface area contributed by atoms with Crippen LogP contribution in [0.1, 0.15) is 141 Å². The van der Waals surface area contributed by atoms with E-state index in [0.717, 1.165) is 89.5 Å². The van der Waals surface area contributed by atoms with Gasteiger partial charge in [-0.15, -0.1) is 0 Å². The van der Waals surface area contributed by atoms with E-state index in [0.29, 0.717) is 6.42 Å². The summed E-state index contributed by atoms with van der Waals surface area (Å²) < 4.78 is 240. The van der Waals surface area contributed by atoms with Gasteiger partial charge in [0.1, 0.15) is 0 Å². The second-order valence-electron chi connectivity index (χ2n) is 14.7. The fraction of sp³-hybridized carbons (Fsp3) is 0.775. The highest BCUT2D eigenvalue weighted by molar-refractivity contribution is 5.73. The molecule has 0 atom stereocenters. The predicted octanol–water partition coefficient (Wildman–Crippen LogP) is 15.5. The summed E-state index contributed by atoms with van der Waals surface area (Å²) in [4.78, 5) is 12.4. The first-order chi connectivity index (χ1) is 27.6. The Morgan fingerprint density at radius 1 is 0.517 bits per heavy atom. The Hall–Kier alpha value is -2.96. The third-order valence-electron chi connectivity index (χ3n) is 9.84. The van der Waals surface area contributed by atoms with E-state index in [4.69, 9.17) is 9.47 Å². The number of hydrogen-bond donors (Lipinski definition) is 0. The lowest BCUT2D eigenvalue weighted by atomic mass is 9.87. The number of methoxy groups -OCH3 is 1. The van der Waals surface area contributed by atoms with Crippen molar-refractivity contribution in [2.45, 2.75) is 189 Å². The Balaban J connectivity index is 2.59. The van der Waals surface area contributed by atoms with E-state index in [1.807, 2.05) is 0 Å². The third kappa shape index (κ3) is 14.0. The highest BCUT2D eigenvalue weighted by atomic mass is 19.4. The maximum absolute atomic E-state index is 14.3. The smallest absolute Gasteiger partial charge is 0.460 e. The molecule has 60 heavy (non-hydrogen) atoms. The van der Waals surface area contributed by atoms with Gasteiger partial charge in [0, 0.05) is 12.8 Å². The molecule has 0 bridgehead atoms. The quantitative estimate of drug-likeness (QED) is 0.0245. The van der Waals surface area contributed by atoms with Gasteiger partial charge < -0.3 is 9.47 Å². The highest BCUT2D eigenvalue weighted by Crippen LogP contribution is 2.64. The van der Waals surface area contributed by atoms with Crippen molar-refractivity contribution in [3.05, 3.63) is 35.9 Å². The first-order valence-corrected chi connectivity index (χ1v) is 19.8. The van der Waals surface area contributed by atoms with Crippen molar-refractivity contribution in [3.63, 3.8) is 0 Å². The lowest BCUT2D eigenvalue weighted by molar-refractivity contribution is -0.461. The van der Waals surface area contributed by atoms with Gasteiger partial charge in [0.25, 0.3) is 0 Å². The minimum atomic E-state index is -8.66. The number of unbranched alkanes of at least 4 members (excludes halogenated alkanes) is 15. The summed E-state index contributed by atoms with van der Waals surface area (Å²) in [7, 11) is 1.08. The van der Waals surface area contributed by atoms with Crippen LogP contribution in [0.2, 0.25) is 0 Å². The van der Waals surface area contributed by atoms with Crippen molar-refractivity contribution in [2.24, 2.45) is 0 Å². The van der Waals surface area contributed by atoms with Gasteiger partial charge in [-0.3, -0.25) is 4.79 Å². The van der Waals surface area contributed by atoms with E-state index in [-0.39, 0.29) is 23.5 Å². The first-order valence-electron chi connectivity index (χ1n) is 19.8. The van der Waals surface area contributed by atoms with Gasteiger partial charge in [0.2, 0.25) is 0 Å². The second kappa shape index (κ2) is 23.5. The number of esters is 1. The van der Waals surface area contributed by atoms with Crippen LogP contribution in [0.3, 0.4) is 0 Å². The van der Waals surface area contributed by atoms with Crippen LogP contribution < -0.4 is 9.47 Å². The van der Waals surface area contributed by atoms with Crippen molar-refractivity contribution in [1.82, 2.24) is 0 Å². The minimum absolute atomic E-state index is 0.0125. The first kappa shape index (κ1) is 55.1. The van der Waals surface area contributed by atoms with Crippen LogP contribution in [0.25, 0.3) is 0 Å². The molecule has 1 aromatic carbocycles. The summed E-state index contributed by atoms with van der Waals surface area (Å²) in [5, 5.41) is 0. The van der Waals surface area contributed by atoms with Gasteiger partial charge in [-0.05, 0) is 62.6 Å². The van der Waals surface area contributed by atoms with E-state index in [1.165, 1.54) is 38.5 Å². The van der Waals surface area contributed by atoms with Crippen molar-refractivity contribution in [3.8, 4) is 11.5 Å². The van der Waals surface area contributed by atoms with Crippen LogP contribution in [0, 0.1) is 0 Å². The fourth-order valence-electron chi connectivity index (χ4n) is 6.04. The molecule has 0 aliphatic carbocycles. The van der Waals surface area contributed by atoms with Crippen molar-refractivity contribution in [1.29, 1.82) is 0 Å². The van der Waals surface area contributed by atoms with Crippen molar-refractivity contribution in [2.75, 3.05) is 7.11 Å². The zero-order valence-corrected chi connectivity index (χ0v) is 33.4. The molecule has 0 N–H and O–H groups in total. The monoisotopic (exact) mass is 904 g/mol. The maximum atomic E-state index is 14.3. The van der Waals surface area contributed by atoms with E-state index in [2.05, 4.69) is 19.1 Å². The molecule has 0 unspecified atom stereocenters. The summed E-state index contributed by atoms with van der Waals surface area (Å²) in [5.74, 6) is -57.5. The number of alkyl halides is 17. The lowest BCUT2D eigenvalue weighted by Gasteiger charge is -2.42. The van der Waals surface area contributed by atoms with Crippen LogP contribution in [-0.2, 0) is 11.2 Å². The molecule has 350 valence electrons. The number of rotatable bonds is 31. The van der Waals surface area contributed by atoms with Crippen LogP contribution in [0.5, 0.6) is 11.5 Å². The number of carbonyl (C=O) groups excluding carboxylic acids is 1. The van der Waals surface area contributed by atoms with Crippen LogP contribution >= 0.6 is 0 Å². The Morgan fingerprint density at radius 2 is 0.933 bits per heavy atom. The number of ether oxygens (including phenoxy) is 2. The Labute approximate surface area is 338 Å². The average molecular weight is 905 g/mol. The summed E-state index contributed by atoms with van der Waals surface area (Å²) in [6.07, 6.45) is 10.7. The van der Waals surface area contributed by atoms with Gasteiger partial charge in [-0.2, -0.15) is 74.6 Å². The summed E-state index contributed by atoms with van der Waals surface area (Å²) >= 11 is 0. The molecule has 0 saturated heterocycles. The molecule has 0 aromatic heterocycles. The molecule has 0 saturated carbocycles. The molecular formula is C40H53F17O3.